The second-order valence-corrected chi connectivity index (χ2v) is 7.23. The lowest BCUT2D eigenvalue weighted by molar-refractivity contribution is 0.0636. The fraction of sp³-hybridized carbons (Fsp3) is 0.136. The number of fused-ring (bicyclic) bond motifs is 2. The topological polar surface area (TPSA) is 110 Å². The Labute approximate surface area is 170 Å². The summed E-state index contributed by atoms with van der Waals surface area (Å²) in [5.74, 6) is -2.36. The van der Waals surface area contributed by atoms with Gasteiger partial charge in [0.1, 0.15) is 6.04 Å². The van der Waals surface area contributed by atoms with Crippen molar-refractivity contribution in [1.29, 1.82) is 0 Å². The predicted molar refractivity (Wildman–Crippen MR) is 103 cm³/mol. The van der Waals surface area contributed by atoms with Crippen molar-refractivity contribution in [3.63, 3.8) is 0 Å². The smallest absolute Gasteiger partial charge is 0.372 e. The molecule has 2 aromatic carbocycles. The molecule has 8 nitrogen and oxygen atoms in total. The molecule has 30 heavy (non-hydrogen) atoms. The van der Waals surface area contributed by atoms with Crippen molar-refractivity contribution in [2.24, 2.45) is 0 Å². The third-order valence-corrected chi connectivity index (χ3v) is 5.64. The van der Waals surface area contributed by atoms with Gasteiger partial charge in [0, 0.05) is 24.4 Å². The summed E-state index contributed by atoms with van der Waals surface area (Å²) < 4.78 is 1.36. The summed E-state index contributed by atoms with van der Waals surface area (Å²) in [6, 6.07) is 11.1. The summed E-state index contributed by atoms with van der Waals surface area (Å²) >= 11 is 0. The van der Waals surface area contributed by atoms with Crippen molar-refractivity contribution in [3.8, 4) is 0 Å². The Balaban J connectivity index is 1.49. The zero-order chi connectivity index (χ0) is 21.0. The van der Waals surface area contributed by atoms with Gasteiger partial charge in [0.05, 0.1) is 17.7 Å². The Morgan fingerprint density at radius 1 is 1.00 bits per heavy atom. The van der Waals surface area contributed by atoms with Crippen molar-refractivity contribution in [1.82, 2.24) is 14.5 Å². The SMILES string of the molecule is O=C(O)c1nccn1C1Cc2c(CN3C(=O)c4ccccc4C3=O)cccc2C1=O. The predicted octanol–water partition coefficient (Wildman–Crippen LogP) is 2.36. The van der Waals surface area contributed by atoms with Crippen molar-refractivity contribution in [3.05, 3.63) is 88.5 Å². The minimum absolute atomic E-state index is 0.0469. The van der Waals surface area contributed by atoms with Crippen LogP contribution in [0.15, 0.2) is 54.9 Å². The molecule has 1 aromatic heterocycles. The number of nitrogens with zero attached hydrogens (tertiary/aromatic N) is 3. The number of carboxylic acids is 1. The molecule has 148 valence electrons. The highest BCUT2D eigenvalue weighted by Crippen LogP contribution is 2.35. The number of imidazole rings is 1. The second-order valence-electron chi connectivity index (χ2n) is 7.23. The van der Waals surface area contributed by atoms with E-state index < -0.39 is 12.0 Å². The molecule has 0 fully saturated rings. The van der Waals surface area contributed by atoms with E-state index in [2.05, 4.69) is 4.98 Å². The molecule has 1 unspecified atom stereocenters. The van der Waals surface area contributed by atoms with Crippen molar-refractivity contribution in [2.45, 2.75) is 19.0 Å². The van der Waals surface area contributed by atoms with Gasteiger partial charge in [-0.3, -0.25) is 19.3 Å². The van der Waals surface area contributed by atoms with Crippen LogP contribution in [0.5, 0.6) is 0 Å². The van der Waals surface area contributed by atoms with E-state index in [4.69, 9.17) is 0 Å². The number of Topliss-reactive ketones (excluding diaryl/α,β-unsaturated/α-hetero) is 1. The summed E-state index contributed by atoms with van der Waals surface area (Å²) in [5.41, 5.74) is 2.62. The number of carbonyl (C=O) groups excluding carboxylic acids is 3. The molecule has 0 bridgehead atoms. The normalized spacial score (nSPS) is 17.4. The molecule has 1 aliphatic carbocycles. The highest BCUT2D eigenvalue weighted by atomic mass is 16.4. The number of carboxylic acid groups (broad SMARTS) is 1. The zero-order valence-electron chi connectivity index (χ0n) is 15.6. The van der Waals surface area contributed by atoms with Gasteiger partial charge in [-0.25, -0.2) is 9.78 Å². The van der Waals surface area contributed by atoms with Gasteiger partial charge in [-0.15, -0.1) is 0 Å². The van der Waals surface area contributed by atoms with Crippen molar-refractivity contribution >= 4 is 23.6 Å². The van der Waals surface area contributed by atoms with E-state index in [0.29, 0.717) is 27.8 Å². The van der Waals surface area contributed by atoms with Crippen LogP contribution in [0.1, 0.15) is 58.9 Å². The number of aromatic carboxylic acids is 1. The summed E-state index contributed by atoms with van der Waals surface area (Å²) in [6.45, 7) is 0.0469. The Hall–Kier alpha value is -4.07. The minimum Gasteiger partial charge on any atom is -0.475 e. The van der Waals surface area contributed by atoms with E-state index >= 15 is 0 Å². The van der Waals surface area contributed by atoms with Crippen LogP contribution in [-0.2, 0) is 13.0 Å². The van der Waals surface area contributed by atoms with Crippen molar-refractivity contribution < 1.29 is 24.3 Å². The Kier molecular flexibility index (Phi) is 3.89. The van der Waals surface area contributed by atoms with Crippen LogP contribution in [0.3, 0.4) is 0 Å². The van der Waals surface area contributed by atoms with Gasteiger partial charge in [-0.2, -0.15) is 0 Å². The minimum atomic E-state index is -1.21. The number of ketones is 1. The lowest BCUT2D eigenvalue weighted by Crippen LogP contribution is -2.29. The van der Waals surface area contributed by atoms with Gasteiger partial charge >= 0.3 is 5.97 Å². The second kappa shape index (κ2) is 6.48. The molecule has 0 spiro atoms. The molecule has 1 N–H and O–H groups in total. The van der Waals surface area contributed by atoms with E-state index in [1.165, 1.54) is 21.9 Å². The first-order valence-corrected chi connectivity index (χ1v) is 9.33. The lowest BCUT2D eigenvalue weighted by Gasteiger charge is -2.16. The first kappa shape index (κ1) is 18.0. The quantitative estimate of drug-likeness (QED) is 0.672. The molecule has 0 radical (unpaired) electrons. The average Bonchev–Trinajstić information content (AvgIpc) is 3.41. The van der Waals surface area contributed by atoms with E-state index in [1.807, 2.05) is 0 Å². The maximum absolute atomic E-state index is 13.0. The molecular formula is C22H15N3O5. The number of hydrogen-bond donors (Lipinski definition) is 1. The maximum Gasteiger partial charge on any atom is 0.372 e. The summed E-state index contributed by atoms with van der Waals surface area (Å²) in [7, 11) is 0. The van der Waals surface area contributed by atoms with E-state index in [1.54, 1.807) is 42.5 Å². The molecule has 2 amide bonds. The first-order valence-electron chi connectivity index (χ1n) is 9.33. The number of imide groups is 1. The summed E-state index contributed by atoms with van der Waals surface area (Å²) in [5, 5.41) is 9.33. The zero-order valence-corrected chi connectivity index (χ0v) is 15.6. The highest BCUT2D eigenvalue weighted by molar-refractivity contribution is 6.21. The molecule has 1 aliphatic heterocycles. The van der Waals surface area contributed by atoms with Gasteiger partial charge in [0.25, 0.3) is 11.8 Å². The molecule has 3 aromatic rings. The third kappa shape index (κ3) is 2.50. The van der Waals surface area contributed by atoms with E-state index in [-0.39, 0.29) is 36.4 Å². The van der Waals surface area contributed by atoms with Crippen molar-refractivity contribution in [2.75, 3.05) is 0 Å². The molecular weight excluding hydrogens is 386 g/mol. The van der Waals surface area contributed by atoms with Gasteiger partial charge in [-0.1, -0.05) is 30.3 Å². The Bertz CT molecular complexity index is 1220. The molecule has 0 saturated carbocycles. The van der Waals surface area contributed by atoms with Crippen LogP contribution >= 0.6 is 0 Å². The van der Waals surface area contributed by atoms with Crippen LogP contribution < -0.4 is 0 Å². The number of hydrogen-bond acceptors (Lipinski definition) is 5. The van der Waals surface area contributed by atoms with Crippen LogP contribution in [-0.4, -0.2) is 43.1 Å². The molecule has 2 heterocycles. The Morgan fingerprint density at radius 2 is 1.67 bits per heavy atom. The van der Waals surface area contributed by atoms with Crippen LogP contribution in [0.2, 0.25) is 0 Å². The number of benzene rings is 2. The average molecular weight is 401 g/mol. The monoisotopic (exact) mass is 401 g/mol. The molecule has 1 atom stereocenters. The fourth-order valence-electron chi connectivity index (χ4n) is 4.23. The molecule has 2 aliphatic rings. The van der Waals surface area contributed by atoms with Gasteiger partial charge in [-0.05, 0) is 23.3 Å². The van der Waals surface area contributed by atoms with Gasteiger partial charge < -0.3 is 9.67 Å². The van der Waals surface area contributed by atoms with E-state index in [0.717, 1.165) is 0 Å². The standard InChI is InChI=1S/C22H15N3O5/c26-18-13-7-3-4-12(11-25-20(27)14-5-1-2-6-15(14)21(25)28)16(13)10-17(18)24-9-8-23-19(24)22(29)30/h1-9,17H,10-11H2,(H,29,30). The number of carbonyl (C=O) groups is 4. The number of amides is 2. The van der Waals surface area contributed by atoms with Crippen LogP contribution in [0, 0.1) is 0 Å². The molecule has 5 rings (SSSR count). The van der Waals surface area contributed by atoms with Crippen LogP contribution in [0.4, 0.5) is 0 Å². The largest absolute Gasteiger partial charge is 0.475 e. The van der Waals surface area contributed by atoms with Gasteiger partial charge in [0.2, 0.25) is 5.82 Å². The summed E-state index contributed by atoms with van der Waals surface area (Å²) in [4.78, 5) is 54.8. The maximum atomic E-state index is 13.0. The Morgan fingerprint density at radius 3 is 2.33 bits per heavy atom. The third-order valence-electron chi connectivity index (χ3n) is 5.64. The molecule has 8 heteroatoms. The molecule has 0 saturated heterocycles. The van der Waals surface area contributed by atoms with Crippen LogP contribution in [0.25, 0.3) is 0 Å². The number of aromatic nitrogens is 2. The highest BCUT2D eigenvalue weighted by Gasteiger charge is 2.38. The summed E-state index contributed by atoms with van der Waals surface area (Å²) in [6.07, 6.45) is 3.09. The fourth-order valence-corrected chi connectivity index (χ4v) is 4.23. The number of rotatable bonds is 4. The van der Waals surface area contributed by atoms with Gasteiger partial charge in [0.15, 0.2) is 5.78 Å². The lowest BCUT2D eigenvalue weighted by atomic mass is 10.0. The van der Waals surface area contributed by atoms with E-state index in [9.17, 15) is 24.3 Å². The first-order chi connectivity index (χ1) is 14.5.